The van der Waals surface area contributed by atoms with Gasteiger partial charge in [0.1, 0.15) is 0 Å². The molecule has 174 valence electrons. The largest absolute Gasteiger partial charge is 0.451 e. The Bertz CT molecular complexity index is 1550. The summed E-state index contributed by atoms with van der Waals surface area (Å²) in [5.41, 5.74) is 0.540. The average Bonchev–Trinajstić information content (AvgIpc) is 2.83. The van der Waals surface area contributed by atoms with Crippen molar-refractivity contribution in [2.24, 2.45) is 0 Å². The summed E-state index contributed by atoms with van der Waals surface area (Å²) in [6, 6.07) is 18.8. The fourth-order valence-corrected chi connectivity index (χ4v) is 4.75. The van der Waals surface area contributed by atoms with E-state index in [0.717, 1.165) is 4.31 Å². The van der Waals surface area contributed by atoms with Gasteiger partial charge in [0.15, 0.2) is 11.9 Å². The van der Waals surface area contributed by atoms with E-state index in [1.54, 1.807) is 49.4 Å². The van der Waals surface area contributed by atoms with Crippen LogP contribution in [0.3, 0.4) is 0 Å². The molecule has 1 heterocycles. The van der Waals surface area contributed by atoms with E-state index in [-0.39, 0.29) is 21.8 Å². The highest BCUT2D eigenvalue weighted by atomic mass is 35.5. The highest BCUT2D eigenvalue weighted by molar-refractivity contribution is 7.92. The molecule has 0 radical (unpaired) electrons. The van der Waals surface area contributed by atoms with Crippen molar-refractivity contribution < 1.29 is 17.9 Å². The lowest BCUT2D eigenvalue weighted by molar-refractivity contribution is 0.0319. The number of fused-ring (bicyclic) bond motifs is 1. The molecule has 0 saturated carbocycles. The van der Waals surface area contributed by atoms with E-state index in [4.69, 9.17) is 16.3 Å². The number of aromatic amines is 1. The van der Waals surface area contributed by atoms with Gasteiger partial charge in [-0.05, 0) is 55.5 Å². The number of nitrogens with one attached hydrogen (secondary N) is 1. The number of hydrogen-bond donors (Lipinski definition) is 1. The van der Waals surface area contributed by atoms with E-state index in [1.807, 2.05) is 0 Å². The first-order valence-electron chi connectivity index (χ1n) is 10.2. The van der Waals surface area contributed by atoms with Gasteiger partial charge in [0, 0.05) is 12.1 Å². The molecule has 0 aliphatic carbocycles. The molecule has 0 bridgehead atoms. The van der Waals surface area contributed by atoms with Crippen molar-refractivity contribution in [3.05, 3.63) is 99.6 Å². The minimum Gasteiger partial charge on any atom is -0.451 e. The van der Waals surface area contributed by atoms with Crippen LogP contribution in [-0.4, -0.2) is 31.4 Å². The number of H-pyrrole nitrogens is 1. The third kappa shape index (κ3) is 4.66. The number of ether oxygens (including phenoxy) is 1. The standard InChI is InChI=1S/C24H20ClN3O5S/c1-15(22-26-21-12-4-3-11-20(21)23(29)27-22)33-24(30)16-7-5-10-19(13-16)34(31,32)28(2)18-9-6-8-17(25)14-18/h3-15H,1-2H3,(H,26,27,29)/t15-/m0/s1. The summed E-state index contributed by atoms with van der Waals surface area (Å²) < 4.78 is 32.7. The van der Waals surface area contributed by atoms with Crippen LogP contribution in [0.1, 0.15) is 29.2 Å². The fourth-order valence-electron chi connectivity index (χ4n) is 3.33. The summed E-state index contributed by atoms with van der Waals surface area (Å²) in [6.07, 6.45) is -0.876. The maximum Gasteiger partial charge on any atom is 0.338 e. The number of hydrogen-bond acceptors (Lipinski definition) is 6. The number of para-hydroxylation sites is 1. The molecule has 0 saturated heterocycles. The molecule has 1 N–H and O–H groups in total. The number of carbonyl (C=O) groups is 1. The lowest BCUT2D eigenvalue weighted by atomic mass is 10.2. The van der Waals surface area contributed by atoms with Crippen LogP contribution in [0.2, 0.25) is 5.02 Å². The normalized spacial score (nSPS) is 12.3. The van der Waals surface area contributed by atoms with Crippen LogP contribution in [0.4, 0.5) is 5.69 Å². The predicted octanol–water partition coefficient (Wildman–Crippen LogP) is 4.32. The number of sulfonamides is 1. The summed E-state index contributed by atoms with van der Waals surface area (Å²) in [5.74, 6) is -0.577. The highest BCUT2D eigenvalue weighted by Gasteiger charge is 2.24. The first-order valence-corrected chi connectivity index (χ1v) is 12.0. The number of benzene rings is 3. The zero-order valence-corrected chi connectivity index (χ0v) is 19.8. The molecule has 1 atom stereocenters. The van der Waals surface area contributed by atoms with Gasteiger partial charge in [-0.15, -0.1) is 0 Å². The number of carbonyl (C=O) groups excluding carboxylic acids is 1. The fraction of sp³-hybridized carbons (Fsp3) is 0.125. The zero-order valence-electron chi connectivity index (χ0n) is 18.2. The van der Waals surface area contributed by atoms with Crippen LogP contribution in [-0.2, 0) is 14.8 Å². The van der Waals surface area contributed by atoms with Gasteiger partial charge in [0.25, 0.3) is 15.6 Å². The Morgan fingerprint density at radius 2 is 1.79 bits per heavy atom. The van der Waals surface area contributed by atoms with Gasteiger partial charge >= 0.3 is 5.97 Å². The molecule has 4 aromatic rings. The van der Waals surface area contributed by atoms with E-state index in [2.05, 4.69) is 9.97 Å². The van der Waals surface area contributed by atoms with E-state index in [1.165, 1.54) is 37.4 Å². The van der Waals surface area contributed by atoms with Crippen molar-refractivity contribution in [2.75, 3.05) is 11.4 Å². The molecule has 10 heteroatoms. The van der Waals surface area contributed by atoms with Crippen LogP contribution >= 0.6 is 11.6 Å². The van der Waals surface area contributed by atoms with Crippen LogP contribution < -0.4 is 9.86 Å². The molecule has 0 unspecified atom stereocenters. The molecule has 1 aromatic heterocycles. The number of rotatable bonds is 6. The molecule has 0 fully saturated rings. The molecular weight excluding hydrogens is 478 g/mol. The molecule has 3 aromatic carbocycles. The Kier molecular flexibility index (Phi) is 6.41. The number of anilines is 1. The van der Waals surface area contributed by atoms with E-state index >= 15 is 0 Å². The van der Waals surface area contributed by atoms with Crippen LogP contribution in [0, 0.1) is 0 Å². The topological polar surface area (TPSA) is 109 Å². The molecule has 0 amide bonds. The van der Waals surface area contributed by atoms with Crippen molar-refractivity contribution in [2.45, 2.75) is 17.9 Å². The third-order valence-electron chi connectivity index (χ3n) is 5.20. The van der Waals surface area contributed by atoms with Gasteiger partial charge in [-0.1, -0.05) is 35.9 Å². The Hall–Kier alpha value is -3.69. The quantitative estimate of drug-likeness (QED) is 0.397. The number of esters is 1. The van der Waals surface area contributed by atoms with Crippen LogP contribution in [0.25, 0.3) is 10.9 Å². The molecule has 34 heavy (non-hydrogen) atoms. The van der Waals surface area contributed by atoms with Gasteiger partial charge in [0.05, 0.1) is 27.0 Å². The zero-order chi connectivity index (χ0) is 24.5. The average molecular weight is 498 g/mol. The van der Waals surface area contributed by atoms with Gasteiger partial charge < -0.3 is 9.72 Å². The summed E-state index contributed by atoms with van der Waals surface area (Å²) in [7, 11) is -2.57. The highest BCUT2D eigenvalue weighted by Crippen LogP contribution is 2.25. The molecule has 0 aliphatic rings. The Labute approximate surface area is 200 Å². The minimum absolute atomic E-state index is 0.0376. The Morgan fingerprint density at radius 3 is 2.56 bits per heavy atom. The van der Waals surface area contributed by atoms with E-state index in [0.29, 0.717) is 21.6 Å². The monoisotopic (exact) mass is 497 g/mol. The van der Waals surface area contributed by atoms with Gasteiger partial charge in [-0.25, -0.2) is 18.2 Å². The maximum atomic E-state index is 13.1. The second kappa shape index (κ2) is 9.28. The third-order valence-corrected chi connectivity index (χ3v) is 7.22. The first kappa shape index (κ1) is 23.5. The lowest BCUT2D eigenvalue weighted by Gasteiger charge is -2.20. The van der Waals surface area contributed by atoms with Crippen molar-refractivity contribution in [1.82, 2.24) is 9.97 Å². The number of halogens is 1. The van der Waals surface area contributed by atoms with Gasteiger partial charge in [0.2, 0.25) is 0 Å². The van der Waals surface area contributed by atoms with Crippen LogP contribution in [0.5, 0.6) is 0 Å². The SMILES string of the molecule is C[C@H](OC(=O)c1cccc(S(=O)(=O)N(C)c2cccc(Cl)c2)c1)c1nc2ccccc2c(=O)[nH]1. The minimum atomic E-state index is -3.97. The van der Waals surface area contributed by atoms with Gasteiger partial charge in [-0.3, -0.25) is 9.10 Å². The summed E-state index contributed by atoms with van der Waals surface area (Å²) >= 11 is 5.98. The number of nitrogens with zero attached hydrogens (tertiary/aromatic N) is 2. The van der Waals surface area contributed by atoms with Crippen molar-refractivity contribution >= 4 is 44.2 Å². The molecule has 0 aliphatic heterocycles. The first-order chi connectivity index (χ1) is 16.2. The second-order valence-electron chi connectivity index (χ2n) is 7.50. The summed E-state index contributed by atoms with van der Waals surface area (Å²) in [6.45, 7) is 1.57. The van der Waals surface area contributed by atoms with Gasteiger partial charge in [-0.2, -0.15) is 0 Å². The van der Waals surface area contributed by atoms with Crippen molar-refractivity contribution in [3.63, 3.8) is 0 Å². The smallest absolute Gasteiger partial charge is 0.338 e. The van der Waals surface area contributed by atoms with Crippen LogP contribution in [0.15, 0.2) is 82.5 Å². The number of aromatic nitrogens is 2. The van der Waals surface area contributed by atoms with Crippen molar-refractivity contribution in [3.8, 4) is 0 Å². The lowest BCUT2D eigenvalue weighted by Crippen LogP contribution is -2.26. The van der Waals surface area contributed by atoms with Crippen molar-refractivity contribution in [1.29, 1.82) is 0 Å². The molecule has 0 spiro atoms. The molecule has 8 nitrogen and oxygen atoms in total. The maximum absolute atomic E-state index is 13.1. The summed E-state index contributed by atoms with van der Waals surface area (Å²) in [5, 5.41) is 0.817. The Morgan fingerprint density at radius 1 is 1.06 bits per heavy atom. The second-order valence-corrected chi connectivity index (χ2v) is 9.90. The van der Waals surface area contributed by atoms with E-state index < -0.39 is 22.1 Å². The van der Waals surface area contributed by atoms with E-state index in [9.17, 15) is 18.0 Å². The summed E-state index contributed by atoms with van der Waals surface area (Å²) in [4.78, 5) is 32.0. The predicted molar refractivity (Wildman–Crippen MR) is 130 cm³/mol. The molecular formula is C24H20ClN3O5S. The Balaban J connectivity index is 1.58. The molecule has 4 rings (SSSR count).